The zero-order valence-electron chi connectivity index (χ0n) is 21.4. The lowest BCUT2D eigenvalue weighted by Gasteiger charge is -2.35. The van der Waals surface area contributed by atoms with Crippen molar-refractivity contribution >= 4 is 23.9 Å². The van der Waals surface area contributed by atoms with Crippen LogP contribution in [0.3, 0.4) is 0 Å². The second-order valence-electron chi connectivity index (χ2n) is 9.80. The molecule has 2 aliphatic heterocycles. The molecule has 2 heterocycles. The van der Waals surface area contributed by atoms with E-state index in [1.807, 2.05) is 54.6 Å². The number of allylic oxidation sites excluding steroid dienone is 2. The number of amidine groups is 1. The molecular weight excluding hydrogens is 482 g/mol. The van der Waals surface area contributed by atoms with E-state index in [1.54, 1.807) is 25.5 Å². The quantitative estimate of drug-likeness (QED) is 0.240. The maximum absolute atomic E-state index is 12.7. The SMILES string of the molecule is CCOC(=O)C1(C(N)=O)CCC(C2=C3C=NC=C[N+]3(N)C(c3cccc(OCc4ccccc4)c3)=N2)CC1. The number of rotatable bonds is 8. The number of benzene rings is 2. The first-order chi connectivity index (χ1) is 18.4. The van der Waals surface area contributed by atoms with Crippen LogP contribution < -0.4 is 16.3 Å². The van der Waals surface area contributed by atoms with Gasteiger partial charge in [0.15, 0.2) is 0 Å². The van der Waals surface area contributed by atoms with Crippen molar-refractivity contribution in [1.82, 2.24) is 0 Å². The van der Waals surface area contributed by atoms with Gasteiger partial charge in [-0.05, 0) is 56.4 Å². The van der Waals surface area contributed by atoms with Crippen LogP contribution in [0.2, 0.25) is 0 Å². The molecule has 3 aliphatic rings. The number of esters is 1. The molecule has 4 N–H and O–H groups in total. The number of carbonyl (C=O) groups excluding carboxylic acids is 2. The van der Waals surface area contributed by atoms with Crippen molar-refractivity contribution in [3.05, 3.63) is 89.5 Å². The summed E-state index contributed by atoms with van der Waals surface area (Å²) in [6.07, 6.45) is 6.90. The first kappa shape index (κ1) is 25.6. The molecule has 2 aromatic carbocycles. The first-order valence-electron chi connectivity index (χ1n) is 12.8. The van der Waals surface area contributed by atoms with E-state index >= 15 is 0 Å². The van der Waals surface area contributed by atoms with E-state index in [1.165, 1.54) is 0 Å². The van der Waals surface area contributed by atoms with Gasteiger partial charge in [0, 0.05) is 5.92 Å². The minimum Gasteiger partial charge on any atom is -0.489 e. The van der Waals surface area contributed by atoms with Gasteiger partial charge in [0.25, 0.3) is 5.84 Å². The molecule has 1 fully saturated rings. The molecule has 9 nitrogen and oxygen atoms in total. The summed E-state index contributed by atoms with van der Waals surface area (Å²) in [7, 11) is 0. The number of fused-ring (bicyclic) bond motifs is 1. The summed E-state index contributed by atoms with van der Waals surface area (Å²) in [5.41, 5.74) is 7.88. The zero-order valence-corrected chi connectivity index (χ0v) is 21.4. The van der Waals surface area contributed by atoms with Crippen LogP contribution in [0, 0.1) is 11.3 Å². The van der Waals surface area contributed by atoms with Gasteiger partial charge >= 0.3 is 5.97 Å². The van der Waals surface area contributed by atoms with Crippen molar-refractivity contribution < 1.29 is 23.7 Å². The summed E-state index contributed by atoms with van der Waals surface area (Å²) in [6.45, 7) is 2.37. The molecule has 1 amide bonds. The summed E-state index contributed by atoms with van der Waals surface area (Å²) in [4.78, 5) is 34.3. The lowest BCUT2D eigenvalue weighted by atomic mass is 9.69. The number of carbonyl (C=O) groups is 2. The molecule has 38 heavy (non-hydrogen) atoms. The molecule has 1 saturated carbocycles. The highest BCUT2D eigenvalue weighted by Crippen LogP contribution is 2.46. The van der Waals surface area contributed by atoms with Crippen LogP contribution in [-0.2, 0) is 20.9 Å². The number of aliphatic imine (C=N–C) groups is 2. The van der Waals surface area contributed by atoms with Gasteiger partial charge in [-0.1, -0.05) is 36.4 Å². The first-order valence-corrected chi connectivity index (χ1v) is 12.8. The summed E-state index contributed by atoms with van der Waals surface area (Å²) in [5.74, 6) is 7.09. The largest absolute Gasteiger partial charge is 0.489 e. The average Bonchev–Trinajstić information content (AvgIpc) is 3.25. The highest BCUT2D eigenvalue weighted by atomic mass is 16.5. The van der Waals surface area contributed by atoms with Gasteiger partial charge in [0.1, 0.15) is 29.7 Å². The highest BCUT2D eigenvalue weighted by molar-refractivity contribution is 6.02. The van der Waals surface area contributed by atoms with Crippen LogP contribution in [0.1, 0.15) is 43.7 Å². The summed E-state index contributed by atoms with van der Waals surface area (Å²) in [5, 5.41) is 0. The number of hydrogen-bond acceptors (Lipinski definition) is 7. The van der Waals surface area contributed by atoms with E-state index < -0.39 is 17.3 Å². The van der Waals surface area contributed by atoms with Crippen molar-refractivity contribution in [1.29, 1.82) is 0 Å². The monoisotopic (exact) mass is 514 g/mol. The number of ether oxygens (including phenoxy) is 2. The van der Waals surface area contributed by atoms with Gasteiger partial charge in [0.05, 0.1) is 24.6 Å². The maximum atomic E-state index is 12.7. The van der Waals surface area contributed by atoms with Crippen LogP contribution in [0.5, 0.6) is 5.75 Å². The Kier molecular flexibility index (Phi) is 6.96. The second-order valence-corrected chi connectivity index (χ2v) is 9.80. The van der Waals surface area contributed by atoms with Crippen molar-refractivity contribution in [3.8, 4) is 5.75 Å². The molecule has 1 atom stereocenters. The number of hydrogen-bond donors (Lipinski definition) is 2. The zero-order chi connectivity index (χ0) is 26.8. The van der Waals surface area contributed by atoms with E-state index in [9.17, 15) is 9.59 Å². The molecule has 1 aliphatic carbocycles. The fourth-order valence-electron chi connectivity index (χ4n) is 5.38. The molecular formula is C29H32N5O4+. The van der Waals surface area contributed by atoms with E-state index in [0.29, 0.717) is 43.9 Å². The van der Waals surface area contributed by atoms with Crippen LogP contribution in [0.15, 0.2) is 88.4 Å². The molecule has 0 aromatic heterocycles. The molecule has 5 rings (SSSR count). The number of nitrogens with two attached hydrogens (primary N) is 2. The highest BCUT2D eigenvalue weighted by Gasteiger charge is 2.51. The fourth-order valence-corrected chi connectivity index (χ4v) is 5.38. The molecule has 0 saturated heterocycles. The molecule has 1 unspecified atom stereocenters. The predicted molar refractivity (Wildman–Crippen MR) is 143 cm³/mol. The van der Waals surface area contributed by atoms with Gasteiger partial charge in [-0.2, -0.15) is 10.8 Å². The standard InChI is InChI=1S/C29H31N5O4/c1-2-37-28(36)29(27(30)35)13-11-21(12-14-29)25-24-18-32-15-16-34(24,31)26(33-25)22-9-6-10-23(17-22)38-19-20-7-4-3-5-8-20/h3-10,15-18,21H,2,11-14,19,31H2,1H3,(H-,30,35)/p+1. The Balaban J connectivity index is 1.41. The normalized spacial score (nSPS) is 26.1. The maximum Gasteiger partial charge on any atom is 0.321 e. The summed E-state index contributed by atoms with van der Waals surface area (Å²) in [6, 6.07) is 17.7. The van der Waals surface area contributed by atoms with Gasteiger partial charge in [-0.25, -0.2) is 0 Å². The third-order valence-corrected chi connectivity index (χ3v) is 7.53. The summed E-state index contributed by atoms with van der Waals surface area (Å²) >= 11 is 0. The Morgan fingerprint density at radius 2 is 1.87 bits per heavy atom. The second kappa shape index (κ2) is 10.4. The van der Waals surface area contributed by atoms with Gasteiger partial charge in [-0.15, -0.1) is 4.59 Å². The van der Waals surface area contributed by atoms with Gasteiger partial charge in [-0.3, -0.25) is 14.6 Å². The summed E-state index contributed by atoms with van der Waals surface area (Å²) < 4.78 is 11.1. The van der Waals surface area contributed by atoms with Crippen molar-refractivity contribution in [2.45, 2.75) is 39.2 Å². The van der Waals surface area contributed by atoms with Crippen LogP contribution in [0.4, 0.5) is 0 Å². The van der Waals surface area contributed by atoms with Gasteiger partial charge in [0.2, 0.25) is 11.6 Å². The Labute approximate surface area is 221 Å². The van der Waals surface area contributed by atoms with Crippen LogP contribution in [-0.4, -0.2) is 35.1 Å². The Hall–Kier alpha value is -4.08. The van der Waals surface area contributed by atoms with Crippen molar-refractivity contribution in [2.24, 2.45) is 32.9 Å². The van der Waals surface area contributed by atoms with E-state index in [4.69, 9.17) is 26.0 Å². The number of primary amides is 1. The average molecular weight is 515 g/mol. The third-order valence-electron chi connectivity index (χ3n) is 7.53. The Morgan fingerprint density at radius 3 is 2.58 bits per heavy atom. The predicted octanol–water partition coefficient (Wildman–Crippen LogP) is 3.71. The van der Waals surface area contributed by atoms with E-state index in [0.717, 1.165) is 22.5 Å². The number of nitrogens with zero attached hydrogens (tertiary/aromatic N) is 3. The Bertz CT molecular complexity index is 1360. The van der Waals surface area contributed by atoms with E-state index in [2.05, 4.69) is 4.99 Å². The molecule has 9 heteroatoms. The Morgan fingerprint density at radius 1 is 1.11 bits per heavy atom. The van der Waals surface area contributed by atoms with E-state index in [-0.39, 0.29) is 17.1 Å². The molecule has 2 aromatic rings. The van der Waals surface area contributed by atoms with Crippen LogP contribution in [0.25, 0.3) is 0 Å². The molecule has 0 bridgehead atoms. The van der Waals surface area contributed by atoms with Crippen molar-refractivity contribution in [3.63, 3.8) is 0 Å². The number of quaternary nitrogens is 1. The minimum atomic E-state index is -1.30. The third kappa shape index (κ3) is 4.55. The molecule has 0 spiro atoms. The van der Waals surface area contributed by atoms with Crippen LogP contribution >= 0.6 is 0 Å². The number of amides is 1. The molecule has 0 radical (unpaired) electrons. The smallest absolute Gasteiger partial charge is 0.321 e. The topological polar surface area (TPSA) is 129 Å². The molecule has 196 valence electrons. The fraction of sp³-hybridized carbons (Fsp3) is 0.310. The lowest BCUT2D eigenvalue weighted by molar-refractivity contribution is -0.750. The minimum absolute atomic E-state index is 0.0130. The lowest BCUT2D eigenvalue weighted by Crippen LogP contribution is -2.53. The van der Waals surface area contributed by atoms with Gasteiger partial charge < -0.3 is 15.2 Å². The van der Waals surface area contributed by atoms with Crippen molar-refractivity contribution in [2.75, 3.05) is 6.61 Å².